The maximum absolute atomic E-state index is 11.2. The second-order valence-electron chi connectivity index (χ2n) is 3.42. The number of aromatic amines is 1. The topological polar surface area (TPSA) is 57.8 Å². The number of anilines is 1. The summed E-state index contributed by atoms with van der Waals surface area (Å²) in [6, 6.07) is 7.59. The number of aromatic nitrogens is 2. The van der Waals surface area contributed by atoms with E-state index < -0.39 is 0 Å². The molecule has 0 aliphatic heterocycles. The predicted octanol–water partition coefficient (Wildman–Crippen LogP) is 2.43. The highest BCUT2D eigenvalue weighted by atomic mass is 16.1. The third-order valence-corrected chi connectivity index (χ3v) is 2.24. The van der Waals surface area contributed by atoms with E-state index in [1.165, 1.54) is 0 Å². The quantitative estimate of drug-likeness (QED) is 0.826. The van der Waals surface area contributed by atoms with E-state index in [-0.39, 0.29) is 5.91 Å². The molecule has 2 rings (SSSR count). The molecule has 0 fully saturated rings. The molecule has 0 bridgehead atoms. The van der Waals surface area contributed by atoms with E-state index in [9.17, 15) is 4.79 Å². The highest BCUT2D eigenvalue weighted by Gasteiger charge is 2.02. The summed E-state index contributed by atoms with van der Waals surface area (Å²) in [5.74, 6) is 0.809. The van der Waals surface area contributed by atoms with Crippen LogP contribution in [0.2, 0.25) is 0 Å². The van der Waals surface area contributed by atoms with E-state index >= 15 is 0 Å². The first-order valence-electron chi connectivity index (χ1n) is 5.19. The Kier molecular flexibility index (Phi) is 3.00. The first-order chi connectivity index (χ1) is 7.79. The van der Waals surface area contributed by atoms with Crippen LogP contribution in [0.3, 0.4) is 0 Å². The summed E-state index contributed by atoms with van der Waals surface area (Å²) < 4.78 is 0. The lowest BCUT2D eigenvalue weighted by Crippen LogP contribution is -2.09. The lowest BCUT2D eigenvalue weighted by Gasteiger charge is -2.04. The van der Waals surface area contributed by atoms with Crippen molar-refractivity contribution in [2.24, 2.45) is 0 Å². The van der Waals surface area contributed by atoms with Crippen LogP contribution < -0.4 is 5.32 Å². The van der Waals surface area contributed by atoms with Crippen LogP contribution in [0.5, 0.6) is 0 Å². The molecule has 2 aromatic rings. The van der Waals surface area contributed by atoms with Crippen LogP contribution in [0.25, 0.3) is 11.4 Å². The Hall–Kier alpha value is -2.10. The zero-order chi connectivity index (χ0) is 11.4. The van der Waals surface area contributed by atoms with Gasteiger partial charge in [0.05, 0.1) is 0 Å². The third kappa shape index (κ3) is 2.28. The van der Waals surface area contributed by atoms with Crippen LogP contribution in [-0.4, -0.2) is 15.9 Å². The van der Waals surface area contributed by atoms with Crippen molar-refractivity contribution in [3.63, 3.8) is 0 Å². The van der Waals surface area contributed by atoms with Crippen LogP contribution in [0.1, 0.15) is 13.3 Å². The molecule has 0 aliphatic rings. The van der Waals surface area contributed by atoms with E-state index in [1.54, 1.807) is 12.4 Å². The number of benzene rings is 1. The van der Waals surface area contributed by atoms with Crippen molar-refractivity contribution < 1.29 is 4.79 Å². The van der Waals surface area contributed by atoms with Gasteiger partial charge in [0.1, 0.15) is 5.82 Å². The van der Waals surface area contributed by atoms with Gasteiger partial charge in [-0.15, -0.1) is 0 Å². The molecule has 2 N–H and O–H groups in total. The number of rotatable bonds is 3. The fourth-order valence-corrected chi connectivity index (χ4v) is 1.42. The highest BCUT2D eigenvalue weighted by Crippen LogP contribution is 2.18. The van der Waals surface area contributed by atoms with Gasteiger partial charge in [0, 0.05) is 30.1 Å². The molecule has 16 heavy (non-hydrogen) atoms. The second kappa shape index (κ2) is 4.61. The van der Waals surface area contributed by atoms with Gasteiger partial charge >= 0.3 is 0 Å². The van der Waals surface area contributed by atoms with E-state index in [1.807, 2.05) is 31.2 Å². The molecule has 0 saturated heterocycles. The molecule has 0 radical (unpaired) electrons. The second-order valence-corrected chi connectivity index (χ2v) is 3.42. The summed E-state index contributed by atoms with van der Waals surface area (Å²) >= 11 is 0. The number of carbonyl (C=O) groups excluding carboxylic acids is 1. The van der Waals surface area contributed by atoms with Gasteiger partial charge in [0.15, 0.2) is 0 Å². The molecular formula is C12H13N3O. The Labute approximate surface area is 93.7 Å². The van der Waals surface area contributed by atoms with Crippen LogP contribution >= 0.6 is 0 Å². The lowest BCUT2D eigenvalue weighted by atomic mass is 10.2. The van der Waals surface area contributed by atoms with Gasteiger partial charge in [-0.3, -0.25) is 4.79 Å². The van der Waals surface area contributed by atoms with Crippen molar-refractivity contribution >= 4 is 11.6 Å². The number of carbonyl (C=O) groups is 1. The molecule has 1 heterocycles. The molecule has 82 valence electrons. The van der Waals surface area contributed by atoms with Gasteiger partial charge in [-0.1, -0.05) is 19.1 Å². The van der Waals surface area contributed by atoms with Crippen LogP contribution in [-0.2, 0) is 4.79 Å². The Balaban J connectivity index is 2.23. The lowest BCUT2D eigenvalue weighted by molar-refractivity contribution is -0.115. The van der Waals surface area contributed by atoms with Crippen molar-refractivity contribution in [2.45, 2.75) is 13.3 Å². The van der Waals surface area contributed by atoms with Crippen molar-refractivity contribution in [3.8, 4) is 11.4 Å². The van der Waals surface area contributed by atoms with Gasteiger partial charge in [0.25, 0.3) is 0 Å². The van der Waals surface area contributed by atoms with Gasteiger partial charge in [-0.05, 0) is 12.1 Å². The van der Waals surface area contributed by atoms with Crippen molar-refractivity contribution in [1.82, 2.24) is 9.97 Å². The van der Waals surface area contributed by atoms with Crippen molar-refractivity contribution in [1.29, 1.82) is 0 Å². The largest absolute Gasteiger partial charge is 0.345 e. The molecule has 0 spiro atoms. The maximum atomic E-state index is 11.2. The monoisotopic (exact) mass is 215 g/mol. The molecule has 1 aromatic carbocycles. The van der Waals surface area contributed by atoms with E-state index in [0.29, 0.717) is 6.42 Å². The number of imidazole rings is 1. The fourth-order valence-electron chi connectivity index (χ4n) is 1.42. The Morgan fingerprint density at radius 2 is 2.38 bits per heavy atom. The fraction of sp³-hybridized carbons (Fsp3) is 0.167. The number of H-pyrrole nitrogens is 1. The van der Waals surface area contributed by atoms with Crippen LogP contribution in [0.15, 0.2) is 36.7 Å². The third-order valence-electron chi connectivity index (χ3n) is 2.24. The van der Waals surface area contributed by atoms with Crippen LogP contribution in [0, 0.1) is 0 Å². The zero-order valence-corrected chi connectivity index (χ0v) is 9.03. The molecule has 1 amide bonds. The minimum Gasteiger partial charge on any atom is -0.345 e. The normalized spacial score (nSPS) is 10.1. The smallest absolute Gasteiger partial charge is 0.224 e. The number of hydrogen-bond donors (Lipinski definition) is 2. The minimum atomic E-state index is 0.0107. The average molecular weight is 215 g/mol. The summed E-state index contributed by atoms with van der Waals surface area (Å²) in [6.45, 7) is 1.83. The summed E-state index contributed by atoms with van der Waals surface area (Å²) in [5, 5.41) is 2.81. The van der Waals surface area contributed by atoms with Gasteiger partial charge in [-0.2, -0.15) is 0 Å². The standard InChI is InChI=1S/C12H13N3O/c1-2-11(16)15-10-5-3-4-9(8-10)12-13-6-7-14-12/h3-8H,2H2,1H3,(H,13,14)(H,15,16). The van der Waals surface area contributed by atoms with Gasteiger partial charge < -0.3 is 10.3 Å². The molecule has 0 unspecified atom stereocenters. The molecular weight excluding hydrogens is 202 g/mol. The molecule has 0 aliphatic carbocycles. The molecule has 0 saturated carbocycles. The number of amides is 1. The Morgan fingerprint density at radius 3 is 3.06 bits per heavy atom. The van der Waals surface area contributed by atoms with Gasteiger partial charge in [-0.25, -0.2) is 4.98 Å². The van der Waals surface area contributed by atoms with Crippen molar-refractivity contribution in [2.75, 3.05) is 5.32 Å². The van der Waals surface area contributed by atoms with Crippen LogP contribution in [0.4, 0.5) is 5.69 Å². The van der Waals surface area contributed by atoms with Crippen molar-refractivity contribution in [3.05, 3.63) is 36.7 Å². The first kappa shape index (κ1) is 10.4. The summed E-state index contributed by atoms with van der Waals surface area (Å²) in [7, 11) is 0. The first-order valence-corrected chi connectivity index (χ1v) is 5.19. The number of nitrogens with one attached hydrogen (secondary N) is 2. The van der Waals surface area contributed by atoms with E-state index in [4.69, 9.17) is 0 Å². The maximum Gasteiger partial charge on any atom is 0.224 e. The zero-order valence-electron chi connectivity index (χ0n) is 9.03. The molecule has 0 atom stereocenters. The minimum absolute atomic E-state index is 0.0107. The number of nitrogens with zero attached hydrogens (tertiary/aromatic N) is 1. The predicted molar refractivity (Wildman–Crippen MR) is 62.9 cm³/mol. The molecule has 4 nitrogen and oxygen atoms in total. The van der Waals surface area contributed by atoms with Gasteiger partial charge in [0.2, 0.25) is 5.91 Å². The average Bonchev–Trinajstić information content (AvgIpc) is 2.83. The Morgan fingerprint density at radius 1 is 1.50 bits per heavy atom. The number of hydrogen-bond acceptors (Lipinski definition) is 2. The summed E-state index contributed by atoms with van der Waals surface area (Å²) in [4.78, 5) is 18.4. The Bertz CT molecular complexity index is 477. The SMILES string of the molecule is CCC(=O)Nc1cccc(-c2ncc[nH]2)c1. The summed E-state index contributed by atoms with van der Waals surface area (Å²) in [6.07, 6.45) is 3.95. The van der Waals surface area contributed by atoms with E-state index in [0.717, 1.165) is 17.1 Å². The molecule has 4 heteroatoms. The van der Waals surface area contributed by atoms with E-state index in [2.05, 4.69) is 15.3 Å². The summed E-state index contributed by atoms with van der Waals surface area (Å²) in [5.41, 5.74) is 1.75. The highest BCUT2D eigenvalue weighted by molar-refractivity contribution is 5.91. The molecule has 1 aromatic heterocycles.